The van der Waals surface area contributed by atoms with Crippen LogP contribution in [0.3, 0.4) is 0 Å². The lowest BCUT2D eigenvalue weighted by Gasteiger charge is -1.97. The molecule has 3 N–H and O–H groups in total. The maximum absolute atomic E-state index is 10.6. The van der Waals surface area contributed by atoms with Gasteiger partial charge >= 0.3 is 11.8 Å². The van der Waals surface area contributed by atoms with Crippen molar-refractivity contribution in [2.24, 2.45) is 5.73 Å². The van der Waals surface area contributed by atoms with Crippen molar-refractivity contribution >= 4 is 17.8 Å². The van der Waals surface area contributed by atoms with Crippen LogP contribution < -0.4 is 11.1 Å². The number of carbonyl (C=O) groups excluding carboxylic acids is 2. The highest BCUT2D eigenvalue weighted by molar-refractivity contribution is 6.38. The highest BCUT2D eigenvalue weighted by Gasteiger charge is 2.08. The van der Waals surface area contributed by atoms with Crippen LogP contribution in [0.15, 0.2) is 18.5 Å². The summed E-state index contributed by atoms with van der Waals surface area (Å²) >= 11 is 0. The van der Waals surface area contributed by atoms with E-state index >= 15 is 0 Å². The van der Waals surface area contributed by atoms with Gasteiger partial charge in [0.1, 0.15) is 0 Å². The number of hydrogen-bond donors (Lipinski definition) is 2. The molecule has 0 unspecified atom stereocenters. The Morgan fingerprint density at radius 2 is 1.92 bits per heavy atom. The molecule has 0 aliphatic rings. The van der Waals surface area contributed by atoms with Gasteiger partial charge in [0.05, 0.1) is 0 Å². The van der Waals surface area contributed by atoms with Gasteiger partial charge < -0.3 is 5.73 Å². The lowest BCUT2D eigenvalue weighted by atomic mass is 10.6. The number of carbonyl (C=O) groups is 2. The van der Waals surface area contributed by atoms with Gasteiger partial charge in [0.25, 0.3) is 0 Å². The number of nitrogens with one attached hydrogen (secondary N) is 1. The number of aromatic nitrogens is 2. The van der Waals surface area contributed by atoms with E-state index in [1.54, 1.807) is 6.07 Å². The van der Waals surface area contributed by atoms with Crippen molar-refractivity contribution in [3.8, 4) is 0 Å². The molecule has 0 aliphatic carbocycles. The van der Waals surface area contributed by atoms with Crippen molar-refractivity contribution in [3.05, 3.63) is 18.5 Å². The maximum atomic E-state index is 10.6. The monoisotopic (exact) mass is 166 g/mol. The van der Waals surface area contributed by atoms with E-state index in [1.807, 2.05) is 0 Å². The fourth-order valence-corrected chi connectivity index (χ4v) is 0.527. The topological polar surface area (TPSA) is 98.0 Å². The summed E-state index contributed by atoms with van der Waals surface area (Å²) in [6.45, 7) is 0. The largest absolute Gasteiger partial charge is 0.361 e. The first-order valence-corrected chi connectivity index (χ1v) is 3.08. The Morgan fingerprint density at radius 3 is 2.42 bits per heavy atom. The minimum atomic E-state index is -1.07. The first kappa shape index (κ1) is 8.12. The Hall–Kier alpha value is -1.98. The van der Waals surface area contributed by atoms with Crippen LogP contribution in [0.5, 0.6) is 0 Å². The standard InChI is InChI=1S/C6H6N4O2/c7-4(11)5(12)10-6-8-2-1-3-9-6/h1-3H,(H2,7,11)(H,8,9,10,12). The third kappa shape index (κ3) is 2.01. The third-order valence-electron chi connectivity index (χ3n) is 1.01. The number of nitrogens with two attached hydrogens (primary N) is 1. The normalized spacial score (nSPS) is 9.00. The molecule has 0 atom stereocenters. The first-order chi connectivity index (χ1) is 5.70. The van der Waals surface area contributed by atoms with Gasteiger partial charge in [0.15, 0.2) is 0 Å². The van der Waals surface area contributed by atoms with Crippen molar-refractivity contribution < 1.29 is 9.59 Å². The van der Waals surface area contributed by atoms with E-state index in [-0.39, 0.29) is 5.95 Å². The summed E-state index contributed by atoms with van der Waals surface area (Å²) in [5.74, 6) is -1.94. The summed E-state index contributed by atoms with van der Waals surface area (Å²) in [7, 11) is 0. The fourth-order valence-electron chi connectivity index (χ4n) is 0.527. The molecule has 1 heterocycles. The molecular weight excluding hydrogens is 160 g/mol. The quantitative estimate of drug-likeness (QED) is 0.517. The Morgan fingerprint density at radius 1 is 1.33 bits per heavy atom. The van der Waals surface area contributed by atoms with Crippen molar-refractivity contribution in [1.29, 1.82) is 0 Å². The van der Waals surface area contributed by atoms with E-state index in [0.29, 0.717) is 0 Å². The van der Waals surface area contributed by atoms with Crippen LogP contribution in [0.2, 0.25) is 0 Å². The van der Waals surface area contributed by atoms with Crippen molar-refractivity contribution in [2.45, 2.75) is 0 Å². The Balaban J connectivity index is 2.65. The van der Waals surface area contributed by atoms with E-state index in [0.717, 1.165) is 0 Å². The number of primary amides is 1. The van der Waals surface area contributed by atoms with E-state index in [2.05, 4.69) is 21.0 Å². The second kappa shape index (κ2) is 3.42. The van der Waals surface area contributed by atoms with Crippen LogP contribution in [0, 0.1) is 0 Å². The van der Waals surface area contributed by atoms with Gasteiger partial charge in [0.2, 0.25) is 5.95 Å². The predicted molar refractivity (Wildman–Crippen MR) is 39.9 cm³/mol. The number of nitrogens with zero attached hydrogens (tertiary/aromatic N) is 2. The molecule has 0 aromatic carbocycles. The van der Waals surface area contributed by atoms with Gasteiger partial charge in [-0.2, -0.15) is 0 Å². The number of hydrogen-bond acceptors (Lipinski definition) is 4. The van der Waals surface area contributed by atoms with Crippen LogP contribution in [0.1, 0.15) is 0 Å². The van der Waals surface area contributed by atoms with Gasteiger partial charge in [-0.3, -0.25) is 14.9 Å². The second-order valence-electron chi connectivity index (χ2n) is 1.89. The molecule has 0 bridgehead atoms. The molecule has 12 heavy (non-hydrogen) atoms. The van der Waals surface area contributed by atoms with E-state index in [1.165, 1.54) is 12.4 Å². The second-order valence-corrected chi connectivity index (χ2v) is 1.89. The number of anilines is 1. The molecule has 0 saturated heterocycles. The summed E-state index contributed by atoms with van der Waals surface area (Å²) in [6.07, 6.45) is 2.87. The number of amides is 2. The Bertz CT molecular complexity index is 298. The zero-order chi connectivity index (χ0) is 8.97. The lowest BCUT2D eigenvalue weighted by Crippen LogP contribution is -2.30. The van der Waals surface area contributed by atoms with Crippen LogP contribution >= 0.6 is 0 Å². The van der Waals surface area contributed by atoms with Crippen LogP contribution in [-0.4, -0.2) is 21.8 Å². The van der Waals surface area contributed by atoms with Crippen molar-refractivity contribution in [3.63, 3.8) is 0 Å². The molecule has 1 aromatic rings. The molecule has 2 amide bonds. The van der Waals surface area contributed by atoms with Crippen LogP contribution in [0.25, 0.3) is 0 Å². The van der Waals surface area contributed by atoms with E-state index in [4.69, 9.17) is 0 Å². The van der Waals surface area contributed by atoms with Gasteiger partial charge in [-0.1, -0.05) is 0 Å². The number of rotatable bonds is 1. The maximum Gasteiger partial charge on any atom is 0.315 e. The van der Waals surface area contributed by atoms with Crippen LogP contribution in [-0.2, 0) is 9.59 Å². The average Bonchev–Trinajstić information content (AvgIpc) is 2.06. The lowest BCUT2D eigenvalue weighted by molar-refractivity contribution is -0.134. The zero-order valence-corrected chi connectivity index (χ0v) is 6.02. The molecule has 0 spiro atoms. The van der Waals surface area contributed by atoms with Gasteiger partial charge in [-0.15, -0.1) is 0 Å². The van der Waals surface area contributed by atoms with Gasteiger partial charge in [-0.25, -0.2) is 9.97 Å². The molecule has 6 heteroatoms. The summed E-state index contributed by atoms with van der Waals surface area (Å²) in [5.41, 5.74) is 4.68. The molecule has 6 nitrogen and oxygen atoms in total. The molecule has 0 saturated carbocycles. The highest BCUT2D eigenvalue weighted by Crippen LogP contribution is 1.92. The molecule has 1 rings (SSSR count). The van der Waals surface area contributed by atoms with Gasteiger partial charge in [0, 0.05) is 12.4 Å². The fraction of sp³-hybridized carbons (Fsp3) is 0. The molecule has 62 valence electrons. The smallest absolute Gasteiger partial charge is 0.315 e. The zero-order valence-electron chi connectivity index (χ0n) is 6.02. The Labute approximate surface area is 67.8 Å². The van der Waals surface area contributed by atoms with E-state index in [9.17, 15) is 9.59 Å². The van der Waals surface area contributed by atoms with E-state index < -0.39 is 11.8 Å². The highest BCUT2D eigenvalue weighted by atomic mass is 16.2. The third-order valence-corrected chi connectivity index (χ3v) is 1.01. The Kier molecular flexibility index (Phi) is 2.32. The van der Waals surface area contributed by atoms with Crippen LogP contribution in [0.4, 0.5) is 5.95 Å². The van der Waals surface area contributed by atoms with Gasteiger partial charge in [-0.05, 0) is 6.07 Å². The van der Waals surface area contributed by atoms with Crippen molar-refractivity contribution in [2.75, 3.05) is 5.32 Å². The SMILES string of the molecule is NC(=O)C(=O)Nc1ncccn1. The minimum Gasteiger partial charge on any atom is -0.361 e. The summed E-state index contributed by atoms with van der Waals surface area (Å²) < 4.78 is 0. The molecule has 1 aromatic heterocycles. The summed E-state index contributed by atoms with van der Waals surface area (Å²) in [5, 5.41) is 2.11. The average molecular weight is 166 g/mol. The molecule has 0 aliphatic heterocycles. The summed E-state index contributed by atoms with van der Waals surface area (Å²) in [4.78, 5) is 28.2. The van der Waals surface area contributed by atoms with Crippen molar-refractivity contribution in [1.82, 2.24) is 9.97 Å². The molecule has 0 fully saturated rings. The molecular formula is C6H6N4O2. The minimum absolute atomic E-state index is 0.0568. The summed E-state index contributed by atoms with van der Waals surface area (Å²) in [6, 6.07) is 1.58. The molecule has 0 radical (unpaired) electrons. The predicted octanol–water partition coefficient (Wildman–Crippen LogP) is -1.10. The first-order valence-electron chi connectivity index (χ1n) is 3.08.